The Kier molecular flexibility index (Phi) is 5.62. The molecular formula is C27H32N2. The third-order valence-corrected chi connectivity index (χ3v) is 6.04. The Balaban J connectivity index is 1.78. The molecule has 3 aromatic rings. The van der Waals surface area contributed by atoms with Crippen molar-refractivity contribution in [2.75, 3.05) is 23.0 Å². The van der Waals surface area contributed by atoms with Crippen LogP contribution >= 0.6 is 0 Å². The van der Waals surface area contributed by atoms with Crippen LogP contribution in [0, 0.1) is 0 Å². The summed E-state index contributed by atoms with van der Waals surface area (Å²) in [5.41, 5.74) is 6.97. The van der Waals surface area contributed by atoms with E-state index in [0.29, 0.717) is 17.9 Å². The van der Waals surface area contributed by atoms with E-state index >= 15 is 0 Å². The quantitative estimate of drug-likeness (QED) is 0.469. The fourth-order valence-corrected chi connectivity index (χ4v) is 4.53. The van der Waals surface area contributed by atoms with E-state index in [-0.39, 0.29) is 0 Å². The molecule has 150 valence electrons. The predicted octanol–water partition coefficient (Wildman–Crippen LogP) is 6.96. The summed E-state index contributed by atoms with van der Waals surface area (Å²) in [6, 6.07) is 29.1. The summed E-state index contributed by atoms with van der Waals surface area (Å²) in [6.45, 7) is 11.1. The second-order valence-electron chi connectivity index (χ2n) is 8.69. The minimum absolute atomic E-state index is 0.344. The summed E-state index contributed by atoms with van der Waals surface area (Å²) in [6.07, 6.45) is 0. The molecule has 0 aromatic heterocycles. The molecule has 1 heterocycles. The smallest absolute Gasteiger partial charge is 0.0911 e. The Morgan fingerprint density at radius 3 is 1.79 bits per heavy atom. The third-order valence-electron chi connectivity index (χ3n) is 6.04. The van der Waals surface area contributed by atoms with Gasteiger partial charge in [-0.05, 0) is 40.7 Å². The van der Waals surface area contributed by atoms with Crippen molar-refractivity contribution in [2.45, 2.75) is 45.6 Å². The van der Waals surface area contributed by atoms with Crippen LogP contribution in [0.5, 0.6) is 0 Å². The molecule has 3 aromatic carbocycles. The van der Waals surface area contributed by atoms with Gasteiger partial charge in [-0.2, -0.15) is 0 Å². The van der Waals surface area contributed by atoms with Crippen molar-refractivity contribution in [3.63, 3.8) is 0 Å². The van der Waals surface area contributed by atoms with Crippen LogP contribution in [0.3, 0.4) is 0 Å². The van der Waals surface area contributed by atoms with Gasteiger partial charge in [-0.15, -0.1) is 0 Å². The highest BCUT2D eigenvalue weighted by Crippen LogP contribution is 2.40. The molecule has 1 saturated heterocycles. The molecule has 1 aliphatic rings. The maximum absolute atomic E-state index is 2.60. The number of para-hydroxylation sites is 2. The summed E-state index contributed by atoms with van der Waals surface area (Å²) in [4.78, 5) is 5.16. The van der Waals surface area contributed by atoms with E-state index in [2.05, 4.69) is 116 Å². The number of nitrogens with zero attached hydrogens (tertiary/aromatic N) is 2. The Labute approximate surface area is 175 Å². The molecule has 0 bridgehead atoms. The number of hydrogen-bond donors (Lipinski definition) is 0. The zero-order valence-electron chi connectivity index (χ0n) is 18.0. The van der Waals surface area contributed by atoms with E-state index in [9.17, 15) is 0 Å². The summed E-state index contributed by atoms with van der Waals surface area (Å²) in [7, 11) is 0. The second kappa shape index (κ2) is 8.32. The lowest BCUT2D eigenvalue weighted by atomic mass is 9.98. The van der Waals surface area contributed by atoms with Crippen molar-refractivity contribution < 1.29 is 0 Å². The maximum Gasteiger partial charge on any atom is 0.0911 e. The van der Waals surface area contributed by atoms with E-state index in [1.54, 1.807) is 0 Å². The van der Waals surface area contributed by atoms with Crippen molar-refractivity contribution in [1.29, 1.82) is 0 Å². The first-order chi connectivity index (χ1) is 14.1. The molecule has 29 heavy (non-hydrogen) atoms. The SMILES string of the molecule is CC(C)c1ccccc1N1C[C@@H](c2ccccc2)N(c2ccccc2C(C)C)C1. The highest BCUT2D eigenvalue weighted by atomic mass is 15.4. The van der Waals surface area contributed by atoms with Gasteiger partial charge in [0.05, 0.1) is 12.7 Å². The average molecular weight is 385 g/mol. The van der Waals surface area contributed by atoms with Crippen LogP contribution in [0.25, 0.3) is 0 Å². The lowest BCUT2D eigenvalue weighted by molar-refractivity contribution is 0.748. The van der Waals surface area contributed by atoms with Crippen molar-refractivity contribution in [1.82, 2.24) is 0 Å². The highest BCUT2D eigenvalue weighted by Gasteiger charge is 2.34. The summed E-state index contributed by atoms with van der Waals surface area (Å²) < 4.78 is 0. The van der Waals surface area contributed by atoms with E-state index in [1.807, 2.05) is 0 Å². The van der Waals surface area contributed by atoms with E-state index in [0.717, 1.165) is 13.2 Å². The van der Waals surface area contributed by atoms with E-state index < -0.39 is 0 Å². The predicted molar refractivity (Wildman–Crippen MR) is 125 cm³/mol. The third kappa shape index (κ3) is 3.89. The molecule has 1 atom stereocenters. The molecule has 1 fully saturated rings. The first-order valence-corrected chi connectivity index (χ1v) is 10.8. The molecule has 0 unspecified atom stereocenters. The van der Waals surface area contributed by atoms with Crippen LogP contribution in [-0.4, -0.2) is 13.2 Å². The summed E-state index contributed by atoms with van der Waals surface area (Å²) in [5, 5.41) is 0. The zero-order valence-corrected chi connectivity index (χ0v) is 18.0. The molecular weight excluding hydrogens is 352 g/mol. The molecule has 2 nitrogen and oxygen atoms in total. The molecule has 2 heteroatoms. The molecule has 1 aliphatic heterocycles. The molecule has 4 rings (SSSR count). The lowest BCUT2D eigenvalue weighted by Gasteiger charge is -2.29. The van der Waals surface area contributed by atoms with Gasteiger partial charge in [-0.25, -0.2) is 0 Å². The van der Waals surface area contributed by atoms with Crippen molar-refractivity contribution in [3.8, 4) is 0 Å². The van der Waals surface area contributed by atoms with Gasteiger partial charge in [0.15, 0.2) is 0 Å². The van der Waals surface area contributed by atoms with Crippen LogP contribution in [0.1, 0.15) is 62.3 Å². The summed E-state index contributed by atoms with van der Waals surface area (Å²) >= 11 is 0. The fourth-order valence-electron chi connectivity index (χ4n) is 4.53. The number of rotatable bonds is 5. The number of hydrogen-bond acceptors (Lipinski definition) is 2. The Hall–Kier alpha value is -2.74. The van der Waals surface area contributed by atoms with Gasteiger partial charge in [0.2, 0.25) is 0 Å². The van der Waals surface area contributed by atoms with Crippen LogP contribution in [0.2, 0.25) is 0 Å². The molecule has 0 N–H and O–H groups in total. The van der Waals surface area contributed by atoms with E-state index in [4.69, 9.17) is 0 Å². The molecule has 0 spiro atoms. The lowest BCUT2D eigenvalue weighted by Crippen LogP contribution is -2.27. The first-order valence-electron chi connectivity index (χ1n) is 10.8. The van der Waals surface area contributed by atoms with Crippen LogP contribution in [0.15, 0.2) is 78.9 Å². The number of benzene rings is 3. The maximum atomic E-state index is 2.60. The molecule has 0 amide bonds. The van der Waals surface area contributed by atoms with Crippen molar-refractivity contribution in [2.24, 2.45) is 0 Å². The molecule has 0 radical (unpaired) electrons. The zero-order chi connectivity index (χ0) is 20.4. The van der Waals surface area contributed by atoms with Crippen LogP contribution in [-0.2, 0) is 0 Å². The summed E-state index contributed by atoms with van der Waals surface area (Å²) in [5.74, 6) is 1.01. The second-order valence-corrected chi connectivity index (χ2v) is 8.69. The minimum Gasteiger partial charge on any atom is -0.351 e. The monoisotopic (exact) mass is 384 g/mol. The van der Waals surface area contributed by atoms with Gasteiger partial charge < -0.3 is 9.80 Å². The van der Waals surface area contributed by atoms with Crippen molar-refractivity contribution in [3.05, 3.63) is 95.6 Å². The molecule has 0 aliphatic carbocycles. The van der Waals surface area contributed by atoms with Crippen LogP contribution in [0.4, 0.5) is 11.4 Å². The van der Waals surface area contributed by atoms with Gasteiger partial charge in [0, 0.05) is 17.9 Å². The fraction of sp³-hybridized carbons (Fsp3) is 0.333. The van der Waals surface area contributed by atoms with E-state index in [1.165, 1.54) is 28.1 Å². The highest BCUT2D eigenvalue weighted by molar-refractivity contribution is 5.63. The van der Waals surface area contributed by atoms with Gasteiger partial charge in [0.1, 0.15) is 0 Å². The minimum atomic E-state index is 0.344. The van der Waals surface area contributed by atoms with Gasteiger partial charge >= 0.3 is 0 Å². The Bertz CT molecular complexity index is 946. The molecule has 0 saturated carbocycles. The average Bonchev–Trinajstić information content (AvgIpc) is 3.19. The largest absolute Gasteiger partial charge is 0.351 e. The Morgan fingerprint density at radius 1 is 0.655 bits per heavy atom. The normalized spacial score (nSPS) is 16.8. The van der Waals surface area contributed by atoms with Crippen molar-refractivity contribution >= 4 is 11.4 Å². The van der Waals surface area contributed by atoms with Crippen LogP contribution < -0.4 is 9.80 Å². The topological polar surface area (TPSA) is 6.48 Å². The standard InChI is InChI=1S/C27H32N2/c1-20(2)23-14-8-10-16-25(23)28-18-27(22-12-6-5-7-13-22)29(19-28)26-17-11-9-15-24(26)21(3)4/h5-17,20-21,27H,18-19H2,1-4H3/t27-/m0/s1. The van der Waals surface area contributed by atoms with Gasteiger partial charge in [-0.1, -0.05) is 94.4 Å². The van der Waals surface area contributed by atoms with Gasteiger partial charge in [0.25, 0.3) is 0 Å². The number of anilines is 2. The first kappa shape index (κ1) is 19.6. The Morgan fingerprint density at radius 2 is 1.17 bits per heavy atom. The van der Waals surface area contributed by atoms with Gasteiger partial charge in [-0.3, -0.25) is 0 Å².